The molecule has 0 saturated carbocycles. The molecule has 4 nitrogen and oxygen atoms in total. The number of rotatable bonds is 2. The van der Waals surface area contributed by atoms with Gasteiger partial charge in [-0.1, -0.05) is 49.4 Å². The maximum Gasteiger partial charge on any atom is 0.226 e. The highest BCUT2D eigenvalue weighted by atomic mass is 32.1. The first kappa shape index (κ1) is 13.1. The molecule has 1 amide bonds. The lowest BCUT2D eigenvalue weighted by atomic mass is 9.90. The van der Waals surface area contributed by atoms with E-state index in [1.165, 1.54) is 16.9 Å². The van der Waals surface area contributed by atoms with Crippen LogP contribution in [0.1, 0.15) is 48.1 Å². The number of hydrogen-bond donors (Lipinski definition) is 2. The van der Waals surface area contributed by atoms with Crippen molar-refractivity contribution in [1.82, 2.24) is 4.98 Å². The number of benzene rings is 1. The molecule has 0 saturated heterocycles. The molecule has 1 aliphatic heterocycles. The van der Waals surface area contributed by atoms with Crippen molar-refractivity contribution < 1.29 is 4.79 Å². The van der Waals surface area contributed by atoms with Gasteiger partial charge in [-0.15, -0.1) is 0 Å². The molecule has 3 N–H and O–H groups in total. The van der Waals surface area contributed by atoms with Gasteiger partial charge in [-0.25, -0.2) is 4.98 Å². The molecule has 1 aliphatic rings. The van der Waals surface area contributed by atoms with Gasteiger partial charge in [0.15, 0.2) is 5.13 Å². The number of aromatic nitrogens is 1. The zero-order valence-electron chi connectivity index (χ0n) is 11.5. The number of anilines is 2. The van der Waals surface area contributed by atoms with E-state index in [1.807, 2.05) is 0 Å². The van der Waals surface area contributed by atoms with Crippen LogP contribution < -0.4 is 11.1 Å². The fourth-order valence-electron chi connectivity index (χ4n) is 2.52. The van der Waals surface area contributed by atoms with Crippen LogP contribution in [0.5, 0.6) is 0 Å². The van der Waals surface area contributed by atoms with E-state index >= 15 is 0 Å². The van der Waals surface area contributed by atoms with Gasteiger partial charge in [-0.2, -0.15) is 0 Å². The van der Waals surface area contributed by atoms with E-state index in [9.17, 15) is 4.79 Å². The number of hydrogen-bond acceptors (Lipinski definition) is 4. The molecular weight excluding hydrogens is 270 g/mol. The first-order valence-corrected chi connectivity index (χ1v) is 7.52. The highest BCUT2D eigenvalue weighted by molar-refractivity contribution is 7.16. The molecule has 0 spiro atoms. The van der Waals surface area contributed by atoms with Crippen LogP contribution in [0, 0.1) is 0 Å². The third kappa shape index (κ3) is 2.29. The Balaban J connectivity index is 1.99. The smallest absolute Gasteiger partial charge is 0.226 e. The van der Waals surface area contributed by atoms with Gasteiger partial charge in [-0.3, -0.25) is 4.79 Å². The lowest BCUT2D eigenvalue weighted by Gasteiger charge is -2.22. The number of nitrogen functional groups attached to an aromatic ring is 1. The molecule has 1 aromatic heterocycles. The van der Waals surface area contributed by atoms with Crippen molar-refractivity contribution in [2.24, 2.45) is 0 Å². The van der Waals surface area contributed by atoms with E-state index in [1.54, 1.807) is 0 Å². The fraction of sp³-hybridized carbons (Fsp3) is 0.333. The fourth-order valence-corrected chi connectivity index (χ4v) is 3.44. The summed E-state index contributed by atoms with van der Waals surface area (Å²) in [6.45, 7) is 4.34. The van der Waals surface area contributed by atoms with E-state index in [-0.39, 0.29) is 11.8 Å². The third-order valence-electron chi connectivity index (χ3n) is 3.64. The Labute approximate surface area is 122 Å². The zero-order chi connectivity index (χ0) is 14.3. The van der Waals surface area contributed by atoms with E-state index in [0.29, 0.717) is 23.3 Å². The minimum atomic E-state index is 0.000682. The highest BCUT2D eigenvalue weighted by Crippen LogP contribution is 2.41. The maximum absolute atomic E-state index is 11.8. The summed E-state index contributed by atoms with van der Waals surface area (Å²) in [7, 11) is 0. The summed E-state index contributed by atoms with van der Waals surface area (Å²) in [5.74, 6) is 1.20. The van der Waals surface area contributed by atoms with Gasteiger partial charge in [-0.05, 0) is 17.0 Å². The van der Waals surface area contributed by atoms with Crippen molar-refractivity contribution in [1.29, 1.82) is 0 Å². The average Bonchev–Trinajstić information content (AvgIpc) is 2.78. The molecule has 5 heteroatoms. The molecular formula is C15H17N3OS. The van der Waals surface area contributed by atoms with E-state index in [4.69, 9.17) is 5.73 Å². The summed E-state index contributed by atoms with van der Waals surface area (Å²) < 4.78 is 0. The van der Waals surface area contributed by atoms with Crippen LogP contribution in [-0.4, -0.2) is 10.9 Å². The van der Waals surface area contributed by atoms with Gasteiger partial charge >= 0.3 is 0 Å². The van der Waals surface area contributed by atoms with Crippen LogP contribution in [0.25, 0.3) is 0 Å². The summed E-state index contributed by atoms with van der Waals surface area (Å²) in [5.41, 5.74) is 8.22. The first-order chi connectivity index (χ1) is 9.54. The Kier molecular flexibility index (Phi) is 3.22. The first-order valence-electron chi connectivity index (χ1n) is 6.70. The molecule has 104 valence electrons. The van der Waals surface area contributed by atoms with Gasteiger partial charge in [0.1, 0.15) is 5.82 Å². The normalized spacial score (nSPS) is 17.9. The summed E-state index contributed by atoms with van der Waals surface area (Å²) in [6.07, 6.45) is 0.454. The Morgan fingerprint density at radius 2 is 2.05 bits per heavy atom. The van der Waals surface area contributed by atoms with Gasteiger partial charge < -0.3 is 11.1 Å². The standard InChI is InChI=1S/C15H17N3OS/c1-8(2)9-3-5-10(6-4-9)11-7-12(19)17-14-13(11)20-15(16)18-14/h3-6,8,11H,7H2,1-2H3,(H2,16,18)(H,17,19)/t11-/m1/s1. The molecule has 2 heterocycles. The largest absolute Gasteiger partial charge is 0.375 e. The van der Waals surface area contributed by atoms with Gasteiger partial charge in [0.25, 0.3) is 0 Å². The maximum atomic E-state index is 11.8. The van der Waals surface area contributed by atoms with Crippen molar-refractivity contribution in [2.75, 3.05) is 11.1 Å². The summed E-state index contributed by atoms with van der Waals surface area (Å²) >= 11 is 1.46. The predicted molar refractivity (Wildman–Crippen MR) is 82.1 cm³/mol. The topological polar surface area (TPSA) is 68.0 Å². The van der Waals surface area contributed by atoms with Crippen LogP contribution in [0.15, 0.2) is 24.3 Å². The van der Waals surface area contributed by atoms with Crippen LogP contribution in [-0.2, 0) is 4.79 Å². The predicted octanol–water partition coefficient (Wildman–Crippen LogP) is 3.32. The highest BCUT2D eigenvalue weighted by Gasteiger charge is 2.29. The third-order valence-corrected chi connectivity index (χ3v) is 4.64. The van der Waals surface area contributed by atoms with Gasteiger partial charge in [0.05, 0.1) is 4.88 Å². The number of fused-ring (bicyclic) bond motifs is 1. The number of nitrogens with two attached hydrogens (primary N) is 1. The Bertz CT molecular complexity index is 646. The van der Waals surface area contributed by atoms with Crippen molar-refractivity contribution in [2.45, 2.75) is 32.1 Å². The second-order valence-electron chi connectivity index (χ2n) is 5.39. The van der Waals surface area contributed by atoms with E-state index in [2.05, 4.69) is 48.4 Å². The monoisotopic (exact) mass is 287 g/mol. The molecule has 0 aliphatic carbocycles. The minimum Gasteiger partial charge on any atom is -0.375 e. The number of nitrogens with zero attached hydrogens (tertiary/aromatic N) is 1. The van der Waals surface area contributed by atoms with E-state index in [0.717, 1.165) is 10.4 Å². The second-order valence-corrected chi connectivity index (χ2v) is 6.45. The molecule has 0 fully saturated rings. The molecule has 1 aromatic carbocycles. The van der Waals surface area contributed by atoms with Crippen LogP contribution in [0.3, 0.4) is 0 Å². The number of carbonyl (C=O) groups excluding carboxylic acids is 1. The quantitative estimate of drug-likeness (QED) is 0.890. The molecule has 20 heavy (non-hydrogen) atoms. The Morgan fingerprint density at radius 3 is 2.70 bits per heavy atom. The lowest BCUT2D eigenvalue weighted by Crippen LogP contribution is -2.22. The van der Waals surface area contributed by atoms with E-state index < -0.39 is 0 Å². The lowest BCUT2D eigenvalue weighted by molar-refractivity contribution is -0.116. The van der Waals surface area contributed by atoms with Crippen molar-refractivity contribution in [3.63, 3.8) is 0 Å². The average molecular weight is 287 g/mol. The number of thiazole rings is 1. The summed E-state index contributed by atoms with van der Waals surface area (Å²) in [5, 5.41) is 3.29. The van der Waals surface area contributed by atoms with Crippen molar-refractivity contribution >= 4 is 28.2 Å². The molecule has 2 aromatic rings. The number of carbonyl (C=O) groups is 1. The molecule has 0 radical (unpaired) electrons. The van der Waals surface area contributed by atoms with Gasteiger partial charge in [0.2, 0.25) is 5.91 Å². The number of amides is 1. The molecule has 3 rings (SSSR count). The SMILES string of the molecule is CC(C)c1ccc([C@H]2CC(=O)Nc3nc(N)sc32)cc1. The summed E-state index contributed by atoms with van der Waals surface area (Å²) in [6, 6.07) is 8.49. The van der Waals surface area contributed by atoms with Crippen LogP contribution in [0.4, 0.5) is 10.9 Å². The van der Waals surface area contributed by atoms with Crippen LogP contribution >= 0.6 is 11.3 Å². The number of nitrogens with one attached hydrogen (secondary N) is 1. The minimum absolute atomic E-state index is 0.000682. The van der Waals surface area contributed by atoms with Crippen molar-refractivity contribution in [3.8, 4) is 0 Å². The Hall–Kier alpha value is -1.88. The molecule has 0 bridgehead atoms. The van der Waals surface area contributed by atoms with Crippen molar-refractivity contribution in [3.05, 3.63) is 40.3 Å². The Morgan fingerprint density at radius 1 is 1.35 bits per heavy atom. The zero-order valence-corrected chi connectivity index (χ0v) is 12.3. The second kappa shape index (κ2) is 4.90. The van der Waals surface area contributed by atoms with Crippen LogP contribution in [0.2, 0.25) is 0 Å². The summed E-state index contributed by atoms with van der Waals surface area (Å²) in [4.78, 5) is 17.0. The molecule has 1 atom stereocenters. The van der Waals surface area contributed by atoms with Gasteiger partial charge in [0, 0.05) is 12.3 Å². The molecule has 0 unspecified atom stereocenters.